The van der Waals surface area contributed by atoms with Gasteiger partial charge in [0.05, 0.1) is 5.25 Å². The van der Waals surface area contributed by atoms with Crippen molar-refractivity contribution in [1.82, 2.24) is 5.32 Å². The molecule has 11 heteroatoms. The summed E-state index contributed by atoms with van der Waals surface area (Å²) in [5, 5.41) is 8.86. The van der Waals surface area contributed by atoms with Crippen molar-refractivity contribution < 1.29 is 23.9 Å². The molecule has 1 unspecified atom stereocenters. The van der Waals surface area contributed by atoms with Crippen molar-refractivity contribution in [2.45, 2.75) is 23.5 Å². The van der Waals surface area contributed by atoms with Crippen molar-refractivity contribution in [1.29, 1.82) is 0 Å². The van der Waals surface area contributed by atoms with Crippen LogP contribution < -0.4 is 25.4 Å². The number of carbonyl (C=O) groups excluding carboxylic acids is 3. The monoisotopic (exact) mass is 661 g/mol. The Morgan fingerprint density at radius 1 is 0.844 bits per heavy atom. The number of amides is 3. The number of rotatable bonds is 10. The first-order valence-corrected chi connectivity index (χ1v) is 15.7. The van der Waals surface area contributed by atoms with Crippen LogP contribution >= 0.6 is 35.0 Å². The minimum atomic E-state index is -0.559. The van der Waals surface area contributed by atoms with E-state index in [0.717, 1.165) is 4.90 Å². The summed E-state index contributed by atoms with van der Waals surface area (Å²) in [4.78, 5) is 40.4. The maximum atomic E-state index is 13.5. The first-order valence-electron chi connectivity index (χ1n) is 14.1. The lowest BCUT2D eigenvalue weighted by Gasteiger charge is -2.20. The molecule has 0 radical (unpaired) electrons. The summed E-state index contributed by atoms with van der Waals surface area (Å²) < 4.78 is 11.2. The number of hydrogen-bond acceptors (Lipinski definition) is 6. The van der Waals surface area contributed by atoms with Crippen molar-refractivity contribution in [2.24, 2.45) is 0 Å². The van der Waals surface area contributed by atoms with Crippen LogP contribution in [0.2, 0.25) is 10.0 Å². The third kappa shape index (κ3) is 8.60. The van der Waals surface area contributed by atoms with Gasteiger partial charge < -0.3 is 25.4 Å². The molecule has 3 amide bonds. The van der Waals surface area contributed by atoms with Crippen LogP contribution in [0.4, 0.5) is 11.4 Å². The van der Waals surface area contributed by atoms with Gasteiger partial charge in [-0.05, 0) is 72.7 Å². The molecule has 45 heavy (non-hydrogen) atoms. The van der Waals surface area contributed by atoms with Gasteiger partial charge in [0.15, 0.2) is 11.5 Å². The highest BCUT2D eigenvalue weighted by Gasteiger charge is 2.21. The molecule has 1 aliphatic rings. The molecule has 0 bridgehead atoms. The number of hydrogen-bond donors (Lipinski definition) is 3. The standard InChI is InChI=1S/C34H29Cl2N3O5S/c1-2-31(34(42)38-25-13-14-29-30(20-25)44-16-15-43-29)45-26-10-6-9-24(19-26)37-33(41)28(17-22-11-12-23(35)18-27(22)36)39-32(40)21-7-4-3-5-8-21/h3-14,17-20,31H,2,15-16H2,1H3,(H,37,41)(H,38,42)(H,39,40)/b28-17+. The van der Waals surface area contributed by atoms with Crippen LogP contribution in [-0.4, -0.2) is 36.2 Å². The summed E-state index contributed by atoms with van der Waals surface area (Å²) in [6.45, 7) is 2.88. The summed E-state index contributed by atoms with van der Waals surface area (Å²) in [6.07, 6.45) is 2.06. The zero-order valence-corrected chi connectivity index (χ0v) is 26.5. The molecular formula is C34H29Cl2N3O5S. The fourth-order valence-electron chi connectivity index (χ4n) is 4.39. The predicted octanol–water partition coefficient (Wildman–Crippen LogP) is 7.68. The van der Waals surface area contributed by atoms with Crippen LogP contribution in [0.5, 0.6) is 11.5 Å². The molecule has 0 aromatic heterocycles. The summed E-state index contributed by atoms with van der Waals surface area (Å²) in [5.41, 5.74) is 1.96. The lowest BCUT2D eigenvalue weighted by molar-refractivity contribution is -0.116. The van der Waals surface area contributed by atoms with Gasteiger partial charge in [0.1, 0.15) is 18.9 Å². The Morgan fingerprint density at radius 2 is 1.60 bits per heavy atom. The fourth-order valence-corrected chi connectivity index (χ4v) is 5.87. The van der Waals surface area contributed by atoms with E-state index in [2.05, 4.69) is 16.0 Å². The molecule has 1 aliphatic heterocycles. The van der Waals surface area contributed by atoms with Crippen LogP contribution in [0.3, 0.4) is 0 Å². The molecule has 230 valence electrons. The molecule has 0 spiro atoms. The van der Waals surface area contributed by atoms with E-state index >= 15 is 0 Å². The zero-order valence-electron chi connectivity index (χ0n) is 24.1. The van der Waals surface area contributed by atoms with Crippen molar-refractivity contribution in [3.63, 3.8) is 0 Å². The van der Waals surface area contributed by atoms with Crippen molar-refractivity contribution in [3.8, 4) is 11.5 Å². The van der Waals surface area contributed by atoms with E-state index in [1.165, 1.54) is 17.8 Å². The quantitative estimate of drug-likeness (QED) is 0.119. The Balaban J connectivity index is 1.30. The van der Waals surface area contributed by atoms with Gasteiger partial charge in [0, 0.05) is 37.9 Å². The number of benzene rings is 4. The average molecular weight is 663 g/mol. The molecule has 0 fully saturated rings. The van der Waals surface area contributed by atoms with Gasteiger partial charge in [-0.25, -0.2) is 0 Å². The van der Waals surface area contributed by atoms with Gasteiger partial charge in [-0.3, -0.25) is 14.4 Å². The van der Waals surface area contributed by atoms with Crippen LogP contribution in [-0.2, 0) is 9.59 Å². The van der Waals surface area contributed by atoms with Crippen LogP contribution in [0.25, 0.3) is 6.08 Å². The third-order valence-electron chi connectivity index (χ3n) is 6.63. The second-order valence-corrected chi connectivity index (χ2v) is 12.0. The number of thioether (sulfide) groups is 1. The number of fused-ring (bicyclic) bond motifs is 1. The molecule has 0 aliphatic carbocycles. The summed E-state index contributed by atoms with van der Waals surface area (Å²) >= 11 is 13.8. The van der Waals surface area contributed by atoms with E-state index in [1.807, 2.05) is 13.0 Å². The molecule has 1 atom stereocenters. The van der Waals surface area contributed by atoms with Gasteiger partial charge in [0.25, 0.3) is 11.8 Å². The van der Waals surface area contributed by atoms with Gasteiger partial charge in [0.2, 0.25) is 5.91 Å². The molecule has 4 aromatic rings. The topological polar surface area (TPSA) is 106 Å². The largest absolute Gasteiger partial charge is 0.486 e. The number of halogens is 2. The Hall–Kier alpha value is -4.44. The predicted molar refractivity (Wildman–Crippen MR) is 179 cm³/mol. The van der Waals surface area contributed by atoms with Crippen LogP contribution in [0.1, 0.15) is 29.3 Å². The average Bonchev–Trinajstić information content (AvgIpc) is 3.04. The molecule has 1 heterocycles. The molecule has 5 rings (SSSR count). The van der Waals surface area contributed by atoms with E-state index in [0.29, 0.717) is 63.7 Å². The lowest BCUT2D eigenvalue weighted by Crippen LogP contribution is -2.30. The molecule has 3 N–H and O–H groups in total. The van der Waals surface area contributed by atoms with E-state index < -0.39 is 17.1 Å². The Kier molecular flexibility index (Phi) is 10.7. The summed E-state index contributed by atoms with van der Waals surface area (Å²) in [7, 11) is 0. The molecule has 0 saturated carbocycles. The van der Waals surface area contributed by atoms with Crippen molar-refractivity contribution >= 4 is 70.1 Å². The van der Waals surface area contributed by atoms with Gasteiger partial charge in [-0.1, -0.05) is 60.5 Å². The minimum absolute atomic E-state index is 0.0172. The Labute approximate surface area is 275 Å². The molecule has 8 nitrogen and oxygen atoms in total. The SMILES string of the molecule is CCC(Sc1cccc(NC(=O)/C(=C\c2ccc(Cl)cc2Cl)NC(=O)c2ccccc2)c1)C(=O)Nc1ccc2c(c1)OCCO2. The van der Waals surface area contributed by atoms with Crippen molar-refractivity contribution in [3.05, 3.63) is 118 Å². The van der Waals surface area contributed by atoms with E-state index in [-0.39, 0.29) is 11.6 Å². The van der Waals surface area contributed by atoms with Gasteiger partial charge in [-0.15, -0.1) is 11.8 Å². The first-order chi connectivity index (χ1) is 21.8. The first kappa shape index (κ1) is 32.0. The summed E-state index contributed by atoms with van der Waals surface area (Å²) in [6, 6.07) is 25.9. The van der Waals surface area contributed by atoms with Gasteiger partial charge in [-0.2, -0.15) is 0 Å². The molecule has 4 aromatic carbocycles. The third-order valence-corrected chi connectivity index (χ3v) is 8.55. The van der Waals surface area contributed by atoms with Crippen LogP contribution in [0, 0.1) is 0 Å². The lowest BCUT2D eigenvalue weighted by atomic mass is 10.1. The normalized spacial score (nSPS) is 13.0. The Bertz CT molecular complexity index is 1750. The zero-order chi connectivity index (χ0) is 31.8. The second kappa shape index (κ2) is 15.0. The van der Waals surface area contributed by atoms with Crippen LogP contribution in [0.15, 0.2) is 102 Å². The number of carbonyl (C=O) groups is 3. The number of nitrogens with one attached hydrogen (secondary N) is 3. The van der Waals surface area contributed by atoms with E-state index in [9.17, 15) is 14.4 Å². The highest BCUT2D eigenvalue weighted by Crippen LogP contribution is 2.34. The Morgan fingerprint density at radius 3 is 2.36 bits per heavy atom. The second-order valence-electron chi connectivity index (χ2n) is 9.89. The smallest absolute Gasteiger partial charge is 0.272 e. The summed E-state index contributed by atoms with van der Waals surface area (Å²) in [5.74, 6) is 0.0580. The van der Waals surface area contributed by atoms with Crippen molar-refractivity contribution in [2.75, 3.05) is 23.8 Å². The maximum absolute atomic E-state index is 13.5. The fraction of sp³-hybridized carbons (Fsp3) is 0.147. The highest BCUT2D eigenvalue weighted by molar-refractivity contribution is 8.00. The maximum Gasteiger partial charge on any atom is 0.272 e. The van der Waals surface area contributed by atoms with E-state index in [4.69, 9.17) is 32.7 Å². The minimum Gasteiger partial charge on any atom is -0.486 e. The molecular weight excluding hydrogens is 633 g/mol. The van der Waals surface area contributed by atoms with E-state index in [1.54, 1.807) is 84.9 Å². The highest BCUT2D eigenvalue weighted by atomic mass is 35.5. The van der Waals surface area contributed by atoms with Gasteiger partial charge >= 0.3 is 0 Å². The number of ether oxygens (including phenoxy) is 2. The molecule has 0 saturated heterocycles. The number of anilines is 2.